The van der Waals surface area contributed by atoms with E-state index in [0.29, 0.717) is 42.4 Å². The quantitative estimate of drug-likeness (QED) is 0.231. The molecule has 1 aromatic heterocycles. The highest BCUT2D eigenvalue weighted by atomic mass is 16.1. The van der Waals surface area contributed by atoms with Gasteiger partial charge in [0, 0.05) is 60.2 Å². The van der Waals surface area contributed by atoms with Crippen LogP contribution in [0.5, 0.6) is 0 Å². The maximum absolute atomic E-state index is 10.5. The van der Waals surface area contributed by atoms with Crippen LogP contribution in [0.1, 0.15) is 159 Å². The minimum atomic E-state index is 0.243. The fraction of sp³-hybridized carbons (Fsp3) is 0.646. The summed E-state index contributed by atoms with van der Waals surface area (Å²) >= 11 is 0. The number of hydrogen-bond donors (Lipinski definition) is 1. The fourth-order valence-electron chi connectivity index (χ4n) is 6.77. The lowest BCUT2D eigenvalue weighted by Crippen LogP contribution is -2.10. The van der Waals surface area contributed by atoms with E-state index in [4.69, 9.17) is 0 Å². The predicted octanol–water partition coefficient (Wildman–Crippen LogP) is 9.22. The first kappa shape index (κ1) is 51.8. The highest BCUT2D eigenvalue weighted by Gasteiger charge is 2.20. The average molecular weight is 805 g/mol. The third-order valence-corrected chi connectivity index (χ3v) is 11.0. The van der Waals surface area contributed by atoms with Gasteiger partial charge in [-0.25, -0.2) is 4.98 Å². The Hall–Kier alpha value is -4.21. The van der Waals surface area contributed by atoms with Crippen LogP contribution in [0.2, 0.25) is 0 Å². The van der Waals surface area contributed by atoms with Crippen molar-refractivity contribution in [2.24, 2.45) is 35.5 Å². The van der Waals surface area contributed by atoms with E-state index in [2.05, 4.69) is 22.1 Å². The van der Waals surface area contributed by atoms with Crippen molar-refractivity contribution < 1.29 is 38.4 Å². The molecule has 0 atom stereocenters. The third kappa shape index (κ3) is 26.7. The molecule has 0 amide bonds. The standard InChI is InChI=1S/C10H10O.2C7H12O.C6H8N2O.C6H10O.C5H8O.C4H6O.C3H6O/c11-7-8-5-9-3-1-2-4-10(9)6-8;2*8-6-7-4-2-1-3-5-7;9-3-1-2-6-4-7-5-8-6;7-5-6-3-1-2-4-6;6-4-5-2-1-3-5;5-3-4-1-2-4;1-2-3-4/h1-4,7-8H,5-6H2;2*6-7H,1-5H2;3-5H,1-2H2,(H,7,8);5-6H,1-4H2;4-5H,1-3H2;3-4H,1-2H2;3H,2H2,1H3. The lowest BCUT2D eigenvalue weighted by molar-refractivity contribution is -0.113. The number of aldehydes is 8. The van der Waals surface area contributed by atoms with Gasteiger partial charge in [-0.05, 0) is 94.6 Å². The second kappa shape index (κ2) is 35.9. The van der Waals surface area contributed by atoms with E-state index in [1.807, 2.05) is 19.1 Å². The van der Waals surface area contributed by atoms with Crippen LogP contribution in [-0.4, -0.2) is 60.3 Å². The molecule has 10 heteroatoms. The van der Waals surface area contributed by atoms with E-state index in [-0.39, 0.29) is 5.92 Å². The van der Waals surface area contributed by atoms with Gasteiger partial charge in [-0.2, -0.15) is 0 Å². The van der Waals surface area contributed by atoms with Crippen molar-refractivity contribution in [3.05, 3.63) is 53.6 Å². The van der Waals surface area contributed by atoms with Gasteiger partial charge in [-0.15, -0.1) is 0 Å². The summed E-state index contributed by atoms with van der Waals surface area (Å²) in [4.78, 5) is 85.9. The topological polar surface area (TPSA) is 165 Å². The summed E-state index contributed by atoms with van der Waals surface area (Å²) in [6.07, 6.45) is 38.4. The average Bonchev–Trinajstić information content (AvgIpc) is 3.60. The van der Waals surface area contributed by atoms with Crippen LogP contribution in [-0.2, 0) is 57.6 Å². The number of imidazole rings is 1. The number of aromatic amines is 1. The molecule has 1 heterocycles. The number of rotatable bonds is 10. The zero-order valence-corrected chi connectivity index (χ0v) is 35.2. The smallest absolute Gasteiger partial charge is 0.123 e. The second-order valence-electron chi connectivity index (χ2n) is 16.0. The molecule has 1 aromatic carbocycles. The van der Waals surface area contributed by atoms with Gasteiger partial charge in [0.1, 0.15) is 50.3 Å². The molecule has 0 unspecified atom stereocenters. The minimum Gasteiger partial charge on any atom is -0.348 e. The molecule has 0 bridgehead atoms. The summed E-state index contributed by atoms with van der Waals surface area (Å²) in [5.74, 6) is 2.36. The van der Waals surface area contributed by atoms with E-state index in [1.165, 1.54) is 68.9 Å². The largest absolute Gasteiger partial charge is 0.348 e. The first-order valence-electron chi connectivity index (χ1n) is 22.0. The van der Waals surface area contributed by atoms with E-state index < -0.39 is 0 Å². The van der Waals surface area contributed by atoms with Gasteiger partial charge < -0.3 is 43.3 Å². The Morgan fingerprint density at radius 1 is 0.500 bits per heavy atom. The first-order valence-corrected chi connectivity index (χ1v) is 22.0. The Morgan fingerprint density at radius 3 is 1.10 bits per heavy atom. The minimum absolute atomic E-state index is 0.243. The molecule has 322 valence electrons. The summed E-state index contributed by atoms with van der Waals surface area (Å²) in [5, 5.41) is 0. The highest BCUT2D eigenvalue weighted by molar-refractivity contribution is 5.58. The third-order valence-electron chi connectivity index (χ3n) is 11.0. The molecular weight excluding hydrogens is 733 g/mol. The van der Waals surface area contributed by atoms with Crippen molar-refractivity contribution in [1.82, 2.24) is 9.97 Å². The number of fused-ring (bicyclic) bond motifs is 1. The van der Waals surface area contributed by atoms with Crippen LogP contribution in [0.15, 0.2) is 36.8 Å². The molecule has 5 saturated carbocycles. The molecule has 5 fully saturated rings. The summed E-state index contributed by atoms with van der Waals surface area (Å²) < 4.78 is 0. The lowest BCUT2D eigenvalue weighted by Gasteiger charge is -2.17. The predicted molar refractivity (Wildman–Crippen MR) is 228 cm³/mol. The maximum atomic E-state index is 10.5. The van der Waals surface area contributed by atoms with Crippen LogP contribution < -0.4 is 0 Å². The van der Waals surface area contributed by atoms with E-state index in [9.17, 15) is 38.4 Å². The molecule has 2 aromatic rings. The number of aromatic nitrogens is 2. The SMILES string of the molecule is CCC=O.O=CC1CC1.O=CC1CCC1.O=CC1CCCC1.O=CC1CCCCC1.O=CC1CCCCC1.O=CC1Cc2ccccc2C1.O=CCCc1cnc[nH]1. The van der Waals surface area contributed by atoms with Gasteiger partial charge in [-0.3, -0.25) is 0 Å². The molecule has 0 aliphatic heterocycles. The van der Waals surface area contributed by atoms with Crippen molar-refractivity contribution in [3.63, 3.8) is 0 Å². The molecule has 0 saturated heterocycles. The van der Waals surface area contributed by atoms with Crippen molar-refractivity contribution in [3.8, 4) is 0 Å². The molecule has 8 rings (SSSR count). The summed E-state index contributed by atoms with van der Waals surface area (Å²) in [6.45, 7) is 1.81. The normalized spacial score (nSPS) is 18.4. The molecule has 10 nitrogen and oxygen atoms in total. The lowest BCUT2D eigenvalue weighted by atomic mass is 9.87. The second-order valence-corrected chi connectivity index (χ2v) is 16.0. The number of aryl methyl sites for hydroxylation is 1. The number of nitrogens with one attached hydrogen (secondary N) is 1. The Kier molecular flexibility index (Phi) is 32.1. The van der Waals surface area contributed by atoms with E-state index in [1.54, 1.807) is 12.5 Å². The molecule has 6 aliphatic carbocycles. The molecule has 0 spiro atoms. The highest BCUT2D eigenvalue weighted by Crippen LogP contribution is 2.26. The maximum Gasteiger partial charge on any atom is 0.123 e. The van der Waals surface area contributed by atoms with Gasteiger partial charge >= 0.3 is 0 Å². The Labute approximate surface area is 347 Å². The van der Waals surface area contributed by atoms with Crippen molar-refractivity contribution in [1.29, 1.82) is 0 Å². The molecule has 58 heavy (non-hydrogen) atoms. The Balaban J connectivity index is 0.000000337. The number of benzene rings is 1. The van der Waals surface area contributed by atoms with Gasteiger partial charge in [0.05, 0.1) is 6.33 Å². The van der Waals surface area contributed by atoms with Crippen LogP contribution >= 0.6 is 0 Å². The van der Waals surface area contributed by atoms with Crippen LogP contribution in [0.3, 0.4) is 0 Å². The van der Waals surface area contributed by atoms with Gasteiger partial charge in [0.25, 0.3) is 0 Å². The number of nitrogens with zero attached hydrogens (tertiary/aromatic N) is 1. The van der Waals surface area contributed by atoms with Crippen LogP contribution in [0.4, 0.5) is 0 Å². The number of H-pyrrole nitrogens is 1. The Morgan fingerprint density at radius 2 is 0.862 bits per heavy atom. The van der Waals surface area contributed by atoms with Gasteiger partial charge in [-0.1, -0.05) is 89.0 Å². The fourth-order valence-corrected chi connectivity index (χ4v) is 6.77. The van der Waals surface area contributed by atoms with E-state index in [0.717, 1.165) is 139 Å². The summed E-state index contributed by atoms with van der Waals surface area (Å²) in [6, 6.07) is 8.29. The monoisotopic (exact) mass is 805 g/mol. The Bertz CT molecular complexity index is 1310. The van der Waals surface area contributed by atoms with Crippen molar-refractivity contribution in [2.45, 2.75) is 161 Å². The van der Waals surface area contributed by atoms with Crippen LogP contribution in [0, 0.1) is 35.5 Å². The molecular formula is C48H72N2O8. The first-order chi connectivity index (χ1) is 28.4. The molecule has 1 N–H and O–H groups in total. The number of carbonyl (C=O) groups is 8. The number of carbonyl (C=O) groups excluding carboxylic acids is 8. The van der Waals surface area contributed by atoms with Crippen molar-refractivity contribution >= 4 is 50.3 Å². The summed E-state index contributed by atoms with van der Waals surface area (Å²) in [5.41, 5.74) is 3.72. The number of hydrogen-bond acceptors (Lipinski definition) is 9. The van der Waals surface area contributed by atoms with Crippen LogP contribution in [0.25, 0.3) is 0 Å². The zero-order chi connectivity index (χ0) is 42.5. The summed E-state index contributed by atoms with van der Waals surface area (Å²) in [7, 11) is 0. The van der Waals surface area contributed by atoms with Crippen molar-refractivity contribution in [2.75, 3.05) is 0 Å². The van der Waals surface area contributed by atoms with E-state index >= 15 is 0 Å². The zero-order valence-electron chi connectivity index (χ0n) is 35.2. The molecule has 0 radical (unpaired) electrons. The molecule has 6 aliphatic rings. The van der Waals surface area contributed by atoms with Gasteiger partial charge in [0.2, 0.25) is 0 Å². The van der Waals surface area contributed by atoms with Gasteiger partial charge in [0.15, 0.2) is 0 Å².